The lowest BCUT2D eigenvalue weighted by molar-refractivity contribution is -0.142. The maximum Gasteiger partial charge on any atom is 0.330 e. The Balaban J connectivity index is 2.97. The Morgan fingerprint density at radius 3 is 2.35 bits per heavy atom. The molecule has 20 heavy (non-hydrogen) atoms. The van der Waals surface area contributed by atoms with Gasteiger partial charge in [0.1, 0.15) is 5.82 Å². The number of nitrogens with one attached hydrogen (secondary N) is 1. The monoisotopic (exact) mass is 281 g/mol. The summed E-state index contributed by atoms with van der Waals surface area (Å²) in [7, 11) is 0. The number of hydrogen-bond acceptors (Lipinski definition) is 2. The molecule has 1 aromatic carbocycles. The van der Waals surface area contributed by atoms with Gasteiger partial charge in [-0.3, -0.25) is 4.79 Å². The SMILES string of the molecule is CCC(CC)C(=O)NC(C(=O)O)c1ccc(F)c(C)c1. The van der Waals surface area contributed by atoms with E-state index in [4.69, 9.17) is 0 Å². The van der Waals surface area contributed by atoms with Crippen LogP contribution in [-0.2, 0) is 9.59 Å². The van der Waals surface area contributed by atoms with Crippen molar-refractivity contribution in [3.63, 3.8) is 0 Å². The number of carboxylic acid groups (broad SMARTS) is 1. The molecule has 0 aromatic heterocycles. The van der Waals surface area contributed by atoms with Gasteiger partial charge >= 0.3 is 5.97 Å². The predicted molar refractivity (Wildman–Crippen MR) is 73.7 cm³/mol. The predicted octanol–water partition coefficient (Wildman–Crippen LogP) is 2.81. The van der Waals surface area contributed by atoms with Crippen molar-refractivity contribution in [2.75, 3.05) is 0 Å². The van der Waals surface area contributed by atoms with Crippen LogP contribution in [0, 0.1) is 18.7 Å². The van der Waals surface area contributed by atoms with Gasteiger partial charge in [-0.1, -0.05) is 26.0 Å². The van der Waals surface area contributed by atoms with Gasteiger partial charge in [-0.2, -0.15) is 0 Å². The molecule has 1 atom stereocenters. The van der Waals surface area contributed by atoms with E-state index in [1.807, 2.05) is 13.8 Å². The van der Waals surface area contributed by atoms with Gasteiger partial charge in [0, 0.05) is 5.92 Å². The van der Waals surface area contributed by atoms with Crippen molar-refractivity contribution < 1.29 is 19.1 Å². The number of hydrogen-bond donors (Lipinski definition) is 2. The van der Waals surface area contributed by atoms with Gasteiger partial charge < -0.3 is 10.4 Å². The molecular formula is C15H20FNO3. The van der Waals surface area contributed by atoms with Gasteiger partial charge in [0.15, 0.2) is 6.04 Å². The van der Waals surface area contributed by atoms with Crippen molar-refractivity contribution in [1.29, 1.82) is 0 Å². The number of halogens is 1. The summed E-state index contributed by atoms with van der Waals surface area (Å²) in [6, 6.07) is 2.89. The van der Waals surface area contributed by atoms with Crippen LogP contribution in [0.25, 0.3) is 0 Å². The zero-order chi connectivity index (χ0) is 15.3. The maximum absolute atomic E-state index is 13.2. The van der Waals surface area contributed by atoms with E-state index >= 15 is 0 Å². The molecule has 1 unspecified atom stereocenters. The van der Waals surface area contributed by atoms with Crippen LogP contribution in [0.5, 0.6) is 0 Å². The highest BCUT2D eigenvalue weighted by Gasteiger charge is 2.25. The van der Waals surface area contributed by atoms with Crippen LogP contribution in [0.1, 0.15) is 43.9 Å². The lowest BCUT2D eigenvalue weighted by atomic mass is 10.00. The second kappa shape index (κ2) is 7.03. The molecule has 0 aliphatic rings. The van der Waals surface area contributed by atoms with E-state index < -0.39 is 17.8 Å². The summed E-state index contributed by atoms with van der Waals surface area (Å²) in [5.41, 5.74) is 0.723. The fraction of sp³-hybridized carbons (Fsp3) is 0.467. The van der Waals surface area contributed by atoms with Crippen LogP contribution in [0.15, 0.2) is 18.2 Å². The molecule has 0 spiro atoms. The Kier molecular flexibility index (Phi) is 5.67. The summed E-state index contributed by atoms with van der Waals surface area (Å²) >= 11 is 0. The minimum atomic E-state index is -1.16. The molecule has 0 saturated heterocycles. The van der Waals surface area contributed by atoms with Crippen molar-refractivity contribution in [1.82, 2.24) is 5.32 Å². The highest BCUT2D eigenvalue weighted by molar-refractivity contribution is 5.85. The third-order valence-electron chi connectivity index (χ3n) is 3.41. The third-order valence-corrected chi connectivity index (χ3v) is 3.41. The van der Waals surface area contributed by atoms with Crippen LogP contribution in [-0.4, -0.2) is 17.0 Å². The van der Waals surface area contributed by atoms with Gasteiger partial charge in [0.05, 0.1) is 0 Å². The largest absolute Gasteiger partial charge is 0.479 e. The molecule has 5 heteroatoms. The van der Waals surface area contributed by atoms with Crippen molar-refractivity contribution >= 4 is 11.9 Å². The Morgan fingerprint density at radius 2 is 1.90 bits per heavy atom. The maximum atomic E-state index is 13.2. The first kappa shape index (κ1) is 16.1. The molecule has 0 bridgehead atoms. The lowest BCUT2D eigenvalue weighted by Crippen LogP contribution is -2.37. The number of amides is 1. The molecule has 0 aliphatic carbocycles. The summed E-state index contributed by atoms with van der Waals surface area (Å²) in [6.07, 6.45) is 1.30. The van der Waals surface area contributed by atoms with E-state index in [2.05, 4.69) is 5.32 Å². The van der Waals surface area contributed by atoms with Crippen molar-refractivity contribution in [2.24, 2.45) is 5.92 Å². The van der Waals surface area contributed by atoms with E-state index in [-0.39, 0.29) is 11.8 Å². The quantitative estimate of drug-likeness (QED) is 0.842. The number of aliphatic carboxylic acids is 1. The molecule has 0 heterocycles. The Bertz CT molecular complexity index is 498. The highest BCUT2D eigenvalue weighted by atomic mass is 19.1. The standard InChI is InChI=1S/C15H20FNO3/c1-4-10(5-2)14(18)17-13(15(19)20)11-6-7-12(16)9(3)8-11/h6-8,10,13H,4-5H2,1-3H3,(H,17,18)(H,19,20). The Morgan fingerprint density at radius 1 is 1.30 bits per heavy atom. The van der Waals surface area contributed by atoms with Crippen LogP contribution >= 0.6 is 0 Å². The van der Waals surface area contributed by atoms with Gasteiger partial charge in [0.2, 0.25) is 5.91 Å². The summed E-state index contributed by atoms with van der Waals surface area (Å²) < 4.78 is 13.2. The highest BCUT2D eigenvalue weighted by Crippen LogP contribution is 2.19. The molecule has 2 N–H and O–H groups in total. The average molecular weight is 281 g/mol. The van der Waals surface area contributed by atoms with Crippen molar-refractivity contribution in [3.8, 4) is 0 Å². The van der Waals surface area contributed by atoms with E-state index in [9.17, 15) is 19.1 Å². The minimum absolute atomic E-state index is 0.210. The summed E-state index contributed by atoms with van der Waals surface area (Å²) in [6.45, 7) is 5.32. The first-order chi connectivity index (χ1) is 9.40. The van der Waals surface area contributed by atoms with Gasteiger partial charge in [0.25, 0.3) is 0 Å². The smallest absolute Gasteiger partial charge is 0.330 e. The number of benzene rings is 1. The van der Waals surface area contributed by atoms with Gasteiger partial charge in [-0.05, 0) is 37.0 Å². The zero-order valence-corrected chi connectivity index (χ0v) is 11.9. The Labute approximate surface area is 118 Å². The van der Waals surface area contributed by atoms with E-state index in [1.165, 1.54) is 18.2 Å². The lowest BCUT2D eigenvalue weighted by Gasteiger charge is -2.19. The van der Waals surface area contributed by atoms with Crippen LogP contribution in [0.2, 0.25) is 0 Å². The molecule has 110 valence electrons. The number of aryl methyl sites for hydroxylation is 1. The van der Waals surface area contributed by atoms with Crippen LogP contribution in [0.4, 0.5) is 4.39 Å². The van der Waals surface area contributed by atoms with Crippen LogP contribution < -0.4 is 5.32 Å². The molecule has 4 nitrogen and oxygen atoms in total. The molecule has 0 saturated carbocycles. The molecular weight excluding hydrogens is 261 g/mol. The van der Waals surface area contributed by atoms with Crippen LogP contribution in [0.3, 0.4) is 0 Å². The van der Waals surface area contributed by atoms with E-state index in [0.717, 1.165) is 0 Å². The van der Waals surface area contributed by atoms with Gasteiger partial charge in [-0.25, -0.2) is 9.18 Å². The fourth-order valence-corrected chi connectivity index (χ4v) is 2.05. The summed E-state index contributed by atoms with van der Waals surface area (Å²) in [5.74, 6) is -2.05. The number of rotatable bonds is 6. The topological polar surface area (TPSA) is 66.4 Å². The number of carbonyl (C=O) groups excluding carboxylic acids is 1. The normalized spacial score (nSPS) is 12.2. The molecule has 0 fully saturated rings. The number of carbonyl (C=O) groups is 2. The Hall–Kier alpha value is -1.91. The van der Waals surface area contributed by atoms with Crippen molar-refractivity contribution in [2.45, 2.75) is 39.7 Å². The fourth-order valence-electron chi connectivity index (χ4n) is 2.05. The molecule has 0 aliphatic heterocycles. The first-order valence-corrected chi connectivity index (χ1v) is 6.69. The van der Waals surface area contributed by atoms with Gasteiger partial charge in [-0.15, -0.1) is 0 Å². The summed E-state index contributed by atoms with van der Waals surface area (Å²) in [5, 5.41) is 11.8. The first-order valence-electron chi connectivity index (χ1n) is 6.69. The van der Waals surface area contributed by atoms with Crippen molar-refractivity contribution in [3.05, 3.63) is 35.1 Å². The second-order valence-corrected chi connectivity index (χ2v) is 4.80. The average Bonchev–Trinajstić information content (AvgIpc) is 2.40. The molecule has 1 aromatic rings. The molecule has 0 radical (unpaired) electrons. The third kappa shape index (κ3) is 3.79. The van der Waals surface area contributed by atoms with E-state index in [0.29, 0.717) is 24.0 Å². The summed E-state index contributed by atoms with van der Waals surface area (Å²) in [4.78, 5) is 23.3. The number of carboxylic acids is 1. The second-order valence-electron chi connectivity index (χ2n) is 4.80. The molecule has 1 rings (SSSR count). The minimum Gasteiger partial charge on any atom is -0.479 e. The zero-order valence-electron chi connectivity index (χ0n) is 11.9. The molecule has 1 amide bonds. The van der Waals surface area contributed by atoms with E-state index in [1.54, 1.807) is 6.92 Å².